The molecule has 14 heavy (non-hydrogen) atoms. The van der Waals surface area contributed by atoms with E-state index in [1.807, 2.05) is 13.8 Å². The minimum atomic E-state index is -2.92. The molecule has 0 aromatic heterocycles. The van der Waals surface area contributed by atoms with E-state index in [1.54, 1.807) is 0 Å². The van der Waals surface area contributed by atoms with Gasteiger partial charge >= 0.3 is 0 Å². The van der Waals surface area contributed by atoms with Crippen molar-refractivity contribution in [2.75, 3.05) is 31.3 Å². The lowest BCUT2D eigenvalue weighted by molar-refractivity contribution is 0.157. The molecule has 5 heteroatoms. The second-order valence-electron chi connectivity index (χ2n) is 3.74. The Kier molecular flexibility index (Phi) is 7.13. The molecule has 0 fully saturated rings. The average Bonchev–Trinajstić information content (AvgIpc) is 2.10. The first-order valence-corrected chi connectivity index (χ1v) is 6.78. The van der Waals surface area contributed by atoms with E-state index in [-0.39, 0.29) is 18.1 Å². The van der Waals surface area contributed by atoms with E-state index in [9.17, 15) is 8.42 Å². The summed E-state index contributed by atoms with van der Waals surface area (Å²) in [5.41, 5.74) is 5.20. The van der Waals surface area contributed by atoms with Crippen LogP contribution in [0.25, 0.3) is 0 Å². The summed E-state index contributed by atoms with van der Waals surface area (Å²) >= 11 is 0. The van der Waals surface area contributed by atoms with E-state index in [1.165, 1.54) is 0 Å². The summed E-state index contributed by atoms with van der Waals surface area (Å²) in [7, 11) is -2.92. The normalized spacial score (nSPS) is 12.3. The van der Waals surface area contributed by atoms with Crippen LogP contribution in [-0.4, -0.2) is 39.7 Å². The van der Waals surface area contributed by atoms with Gasteiger partial charge in [0.05, 0.1) is 24.7 Å². The van der Waals surface area contributed by atoms with Crippen LogP contribution in [0.4, 0.5) is 0 Å². The average molecular weight is 223 g/mol. The van der Waals surface area contributed by atoms with Gasteiger partial charge in [0.2, 0.25) is 0 Å². The Hall–Kier alpha value is -0.130. The van der Waals surface area contributed by atoms with Crippen molar-refractivity contribution in [2.24, 2.45) is 11.7 Å². The van der Waals surface area contributed by atoms with Crippen LogP contribution in [0.2, 0.25) is 0 Å². The highest BCUT2D eigenvalue weighted by atomic mass is 32.2. The molecule has 0 heterocycles. The van der Waals surface area contributed by atoms with Gasteiger partial charge in [0.25, 0.3) is 0 Å². The predicted octanol–water partition coefficient (Wildman–Crippen LogP) is 0.423. The van der Waals surface area contributed by atoms with Crippen molar-refractivity contribution in [3.63, 3.8) is 0 Å². The topological polar surface area (TPSA) is 69.4 Å². The zero-order chi connectivity index (χ0) is 11.0. The summed E-state index contributed by atoms with van der Waals surface area (Å²) < 4.78 is 27.8. The predicted molar refractivity (Wildman–Crippen MR) is 58.0 cm³/mol. The first-order chi connectivity index (χ1) is 6.48. The Morgan fingerprint density at radius 2 is 1.86 bits per heavy atom. The van der Waals surface area contributed by atoms with Gasteiger partial charge in [0.15, 0.2) is 9.84 Å². The lowest BCUT2D eigenvalue weighted by Crippen LogP contribution is -2.18. The molecule has 0 aromatic rings. The lowest BCUT2D eigenvalue weighted by Gasteiger charge is -2.06. The summed E-state index contributed by atoms with van der Waals surface area (Å²) in [4.78, 5) is 0. The molecule has 0 amide bonds. The summed E-state index contributed by atoms with van der Waals surface area (Å²) in [6.07, 6.45) is 0.721. The number of nitrogens with two attached hydrogens (primary N) is 1. The fourth-order valence-corrected chi connectivity index (χ4v) is 2.30. The van der Waals surface area contributed by atoms with Crippen molar-refractivity contribution >= 4 is 9.84 Å². The molecule has 0 aliphatic rings. The zero-order valence-corrected chi connectivity index (χ0v) is 9.85. The number of hydrogen-bond donors (Lipinski definition) is 1. The molecule has 0 unspecified atom stereocenters. The minimum absolute atomic E-state index is 0.111. The fraction of sp³-hybridized carbons (Fsp3) is 1.00. The van der Waals surface area contributed by atoms with Crippen LogP contribution in [-0.2, 0) is 14.6 Å². The molecule has 0 saturated carbocycles. The first-order valence-electron chi connectivity index (χ1n) is 4.96. The van der Waals surface area contributed by atoms with Crippen LogP contribution in [0.15, 0.2) is 0 Å². The molecule has 0 aliphatic carbocycles. The van der Waals surface area contributed by atoms with E-state index in [0.717, 1.165) is 6.42 Å². The highest BCUT2D eigenvalue weighted by molar-refractivity contribution is 7.91. The molecule has 2 N–H and O–H groups in total. The highest BCUT2D eigenvalue weighted by Gasteiger charge is 2.11. The van der Waals surface area contributed by atoms with E-state index < -0.39 is 9.84 Å². The summed E-state index contributed by atoms with van der Waals surface area (Å²) in [6.45, 7) is 5.16. The van der Waals surface area contributed by atoms with E-state index in [2.05, 4.69) is 0 Å². The van der Waals surface area contributed by atoms with Crippen LogP contribution >= 0.6 is 0 Å². The molecule has 0 aliphatic heterocycles. The quantitative estimate of drug-likeness (QED) is 0.606. The third-order valence-electron chi connectivity index (χ3n) is 1.81. The summed E-state index contributed by atoms with van der Waals surface area (Å²) in [6, 6.07) is 0. The van der Waals surface area contributed by atoms with Gasteiger partial charge in [-0.2, -0.15) is 0 Å². The molecule has 86 valence electrons. The fourth-order valence-electron chi connectivity index (χ4n) is 0.889. The molecule has 0 spiro atoms. The number of sulfone groups is 1. The van der Waals surface area contributed by atoms with Gasteiger partial charge in [0.1, 0.15) is 0 Å². The lowest BCUT2D eigenvalue weighted by atomic mass is 10.2. The first kappa shape index (κ1) is 13.9. The van der Waals surface area contributed by atoms with Gasteiger partial charge in [-0.15, -0.1) is 0 Å². The maximum atomic E-state index is 11.4. The van der Waals surface area contributed by atoms with E-state index in [4.69, 9.17) is 10.5 Å². The second kappa shape index (κ2) is 7.20. The molecule has 0 radical (unpaired) electrons. The van der Waals surface area contributed by atoms with Gasteiger partial charge in [-0.1, -0.05) is 13.8 Å². The van der Waals surface area contributed by atoms with Crippen LogP contribution in [0.3, 0.4) is 0 Å². The monoisotopic (exact) mass is 223 g/mol. The maximum absolute atomic E-state index is 11.4. The van der Waals surface area contributed by atoms with Crippen LogP contribution in [0.1, 0.15) is 20.3 Å². The van der Waals surface area contributed by atoms with Gasteiger partial charge in [0, 0.05) is 6.54 Å². The summed E-state index contributed by atoms with van der Waals surface area (Å²) in [5.74, 6) is 0.797. The molecule has 0 bridgehead atoms. The van der Waals surface area contributed by atoms with E-state index >= 15 is 0 Å². The van der Waals surface area contributed by atoms with Crippen LogP contribution in [0.5, 0.6) is 0 Å². The van der Waals surface area contributed by atoms with Crippen molar-refractivity contribution in [3.8, 4) is 0 Å². The van der Waals surface area contributed by atoms with E-state index in [0.29, 0.717) is 19.1 Å². The molecule has 0 aromatic carbocycles. The number of ether oxygens (including phenoxy) is 1. The third kappa shape index (κ3) is 8.47. The van der Waals surface area contributed by atoms with Crippen molar-refractivity contribution < 1.29 is 13.2 Å². The number of rotatable bonds is 8. The van der Waals surface area contributed by atoms with Crippen molar-refractivity contribution in [3.05, 3.63) is 0 Å². The van der Waals surface area contributed by atoms with Crippen LogP contribution < -0.4 is 5.73 Å². The Balaban J connectivity index is 3.62. The zero-order valence-electron chi connectivity index (χ0n) is 9.03. The summed E-state index contributed by atoms with van der Waals surface area (Å²) in [5, 5.41) is 0. The Bertz CT molecular complexity index is 224. The molecule has 0 rings (SSSR count). The maximum Gasteiger partial charge on any atom is 0.152 e. The number of hydrogen-bond acceptors (Lipinski definition) is 4. The second-order valence-corrected chi connectivity index (χ2v) is 6.04. The van der Waals surface area contributed by atoms with Gasteiger partial charge < -0.3 is 10.5 Å². The Morgan fingerprint density at radius 1 is 1.21 bits per heavy atom. The molecule has 0 saturated heterocycles. The Labute approximate surface area is 86.7 Å². The largest absolute Gasteiger partial charge is 0.379 e. The van der Waals surface area contributed by atoms with Crippen molar-refractivity contribution in [1.82, 2.24) is 0 Å². The van der Waals surface area contributed by atoms with Crippen molar-refractivity contribution in [2.45, 2.75) is 20.3 Å². The minimum Gasteiger partial charge on any atom is -0.379 e. The standard InChI is InChI=1S/C9H21NO3S/c1-9(2)3-7-14(11,12)8-6-13-5-4-10/h9H,3-8,10H2,1-2H3. The highest BCUT2D eigenvalue weighted by Crippen LogP contribution is 2.03. The molecule has 0 atom stereocenters. The molecular weight excluding hydrogens is 202 g/mol. The molecule has 4 nitrogen and oxygen atoms in total. The third-order valence-corrected chi connectivity index (χ3v) is 3.45. The Morgan fingerprint density at radius 3 is 2.36 bits per heavy atom. The van der Waals surface area contributed by atoms with Gasteiger partial charge in [-0.25, -0.2) is 8.42 Å². The molecular formula is C9H21NO3S. The SMILES string of the molecule is CC(C)CCS(=O)(=O)CCOCCN. The van der Waals surface area contributed by atoms with Crippen molar-refractivity contribution in [1.29, 1.82) is 0 Å². The van der Waals surface area contributed by atoms with Crippen LogP contribution in [0, 0.1) is 5.92 Å². The van der Waals surface area contributed by atoms with Gasteiger partial charge in [-0.3, -0.25) is 0 Å². The smallest absolute Gasteiger partial charge is 0.152 e. The van der Waals surface area contributed by atoms with Gasteiger partial charge in [-0.05, 0) is 12.3 Å².